The van der Waals surface area contributed by atoms with E-state index in [9.17, 15) is 16.8 Å². The molecule has 0 aliphatic heterocycles. The SMILES string of the molecule is Cc1ccc(S(=O)(=O)Oc2ccc(S(=O)(=O)c3ccn4ccccc34)cc2)cc1. The summed E-state index contributed by atoms with van der Waals surface area (Å²) in [5.74, 6) is 0.0336. The van der Waals surface area contributed by atoms with E-state index in [4.69, 9.17) is 4.18 Å². The number of pyridine rings is 1. The molecule has 29 heavy (non-hydrogen) atoms. The van der Waals surface area contributed by atoms with Crippen LogP contribution in [0.3, 0.4) is 0 Å². The minimum atomic E-state index is -4.00. The van der Waals surface area contributed by atoms with E-state index < -0.39 is 20.0 Å². The molecule has 0 saturated carbocycles. The molecule has 0 radical (unpaired) electrons. The first kappa shape index (κ1) is 19.2. The Hall–Kier alpha value is -3.10. The van der Waals surface area contributed by atoms with E-state index in [1.807, 2.05) is 13.0 Å². The molecule has 0 saturated heterocycles. The van der Waals surface area contributed by atoms with Gasteiger partial charge in [-0.2, -0.15) is 8.42 Å². The van der Waals surface area contributed by atoms with Gasteiger partial charge in [0.15, 0.2) is 0 Å². The molecule has 6 nitrogen and oxygen atoms in total. The molecule has 2 aromatic heterocycles. The minimum absolute atomic E-state index is 0.0279. The largest absolute Gasteiger partial charge is 0.379 e. The van der Waals surface area contributed by atoms with Crippen LogP contribution in [-0.4, -0.2) is 21.2 Å². The first-order chi connectivity index (χ1) is 13.8. The highest BCUT2D eigenvalue weighted by atomic mass is 32.2. The number of aromatic nitrogens is 1. The Balaban J connectivity index is 1.63. The van der Waals surface area contributed by atoms with Crippen molar-refractivity contribution in [2.45, 2.75) is 21.6 Å². The second-order valence-electron chi connectivity index (χ2n) is 6.50. The second-order valence-corrected chi connectivity index (χ2v) is 9.96. The Labute approximate surface area is 169 Å². The van der Waals surface area contributed by atoms with E-state index in [1.165, 1.54) is 42.5 Å². The molecule has 0 fully saturated rings. The van der Waals surface area contributed by atoms with Gasteiger partial charge in [0.25, 0.3) is 0 Å². The van der Waals surface area contributed by atoms with Gasteiger partial charge in [-0.05, 0) is 61.5 Å². The highest BCUT2D eigenvalue weighted by Crippen LogP contribution is 2.28. The number of hydrogen-bond acceptors (Lipinski definition) is 5. The summed E-state index contributed by atoms with van der Waals surface area (Å²) < 4.78 is 57.6. The molecule has 0 spiro atoms. The van der Waals surface area contributed by atoms with Gasteiger partial charge >= 0.3 is 10.1 Å². The second kappa shape index (κ2) is 7.06. The number of nitrogens with zero attached hydrogens (tertiary/aromatic N) is 1. The van der Waals surface area contributed by atoms with Gasteiger partial charge in [0.05, 0.1) is 15.3 Å². The third kappa shape index (κ3) is 3.64. The Kier molecular flexibility index (Phi) is 4.68. The summed E-state index contributed by atoms with van der Waals surface area (Å²) in [5.41, 5.74) is 1.49. The van der Waals surface area contributed by atoms with Crippen molar-refractivity contribution in [1.29, 1.82) is 0 Å². The molecular weight excluding hydrogens is 410 g/mol. The Bertz CT molecular complexity index is 1390. The molecular formula is C21H17NO5S2. The average molecular weight is 428 g/mol. The fourth-order valence-electron chi connectivity index (χ4n) is 2.94. The number of benzene rings is 2. The summed E-state index contributed by atoms with van der Waals surface area (Å²) in [6, 6.07) is 18.4. The predicted molar refractivity (Wildman–Crippen MR) is 108 cm³/mol. The molecule has 0 amide bonds. The normalized spacial score (nSPS) is 12.2. The van der Waals surface area contributed by atoms with Gasteiger partial charge < -0.3 is 8.58 Å². The van der Waals surface area contributed by atoms with Gasteiger partial charge in [-0.25, -0.2) is 8.42 Å². The Morgan fingerprint density at radius 2 is 1.38 bits per heavy atom. The van der Waals surface area contributed by atoms with E-state index in [0.29, 0.717) is 5.52 Å². The molecule has 4 rings (SSSR count). The molecule has 148 valence electrons. The van der Waals surface area contributed by atoms with Crippen molar-refractivity contribution in [2.75, 3.05) is 0 Å². The molecule has 0 unspecified atom stereocenters. The first-order valence-corrected chi connectivity index (χ1v) is 11.6. The lowest BCUT2D eigenvalue weighted by Gasteiger charge is -2.09. The molecule has 0 atom stereocenters. The van der Waals surface area contributed by atoms with Gasteiger partial charge in [0.1, 0.15) is 10.6 Å². The van der Waals surface area contributed by atoms with Gasteiger partial charge in [-0.1, -0.05) is 23.8 Å². The lowest BCUT2D eigenvalue weighted by molar-refractivity contribution is 0.486. The summed E-state index contributed by atoms with van der Waals surface area (Å²) in [6.45, 7) is 1.85. The van der Waals surface area contributed by atoms with Crippen LogP contribution < -0.4 is 4.18 Å². The molecule has 4 aromatic rings. The van der Waals surface area contributed by atoms with Crippen molar-refractivity contribution in [3.63, 3.8) is 0 Å². The molecule has 0 aliphatic rings. The van der Waals surface area contributed by atoms with Crippen molar-refractivity contribution in [1.82, 2.24) is 4.40 Å². The van der Waals surface area contributed by atoms with E-state index in [1.54, 1.807) is 41.1 Å². The van der Waals surface area contributed by atoms with Crippen LogP contribution in [0.4, 0.5) is 0 Å². The Morgan fingerprint density at radius 3 is 2.07 bits per heavy atom. The number of rotatable bonds is 5. The summed E-state index contributed by atoms with van der Waals surface area (Å²) in [7, 11) is -7.77. The smallest absolute Gasteiger partial charge is 0.339 e. The number of fused-ring (bicyclic) bond motifs is 1. The zero-order chi connectivity index (χ0) is 20.6. The topological polar surface area (TPSA) is 81.9 Å². The van der Waals surface area contributed by atoms with E-state index in [-0.39, 0.29) is 20.4 Å². The summed E-state index contributed by atoms with van der Waals surface area (Å²) in [6.07, 6.45) is 3.44. The molecule has 0 N–H and O–H groups in total. The monoisotopic (exact) mass is 427 g/mol. The van der Waals surface area contributed by atoms with Crippen molar-refractivity contribution >= 4 is 25.5 Å². The quantitative estimate of drug-likeness (QED) is 0.452. The van der Waals surface area contributed by atoms with Crippen LogP contribution in [0.1, 0.15) is 5.56 Å². The van der Waals surface area contributed by atoms with Crippen LogP contribution in [0.25, 0.3) is 5.52 Å². The summed E-state index contributed by atoms with van der Waals surface area (Å²) >= 11 is 0. The van der Waals surface area contributed by atoms with Crippen molar-refractivity contribution in [2.24, 2.45) is 0 Å². The van der Waals surface area contributed by atoms with Gasteiger partial charge in [-0.3, -0.25) is 0 Å². The zero-order valence-corrected chi connectivity index (χ0v) is 17.0. The maximum Gasteiger partial charge on any atom is 0.339 e. The van der Waals surface area contributed by atoms with Crippen molar-refractivity contribution < 1.29 is 21.0 Å². The fraction of sp³-hybridized carbons (Fsp3) is 0.0476. The molecule has 0 aliphatic carbocycles. The predicted octanol–water partition coefficient (Wildman–Crippen LogP) is 3.85. The maximum atomic E-state index is 13.0. The highest BCUT2D eigenvalue weighted by molar-refractivity contribution is 7.91. The van der Waals surface area contributed by atoms with E-state index in [0.717, 1.165) is 5.56 Å². The number of sulfone groups is 1. The Morgan fingerprint density at radius 1 is 0.724 bits per heavy atom. The molecule has 8 heteroatoms. The highest BCUT2D eigenvalue weighted by Gasteiger charge is 2.22. The first-order valence-electron chi connectivity index (χ1n) is 8.69. The fourth-order valence-corrected chi connectivity index (χ4v) is 5.30. The molecule has 0 bridgehead atoms. The van der Waals surface area contributed by atoms with Crippen LogP contribution >= 0.6 is 0 Å². The molecule has 2 heterocycles. The number of hydrogen-bond donors (Lipinski definition) is 0. The zero-order valence-electron chi connectivity index (χ0n) is 15.4. The van der Waals surface area contributed by atoms with Gasteiger partial charge in [0, 0.05) is 12.4 Å². The van der Waals surface area contributed by atoms with Gasteiger partial charge in [0.2, 0.25) is 9.84 Å². The van der Waals surface area contributed by atoms with E-state index >= 15 is 0 Å². The van der Waals surface area contributed by atoms with Gasteiger partial charge in [-0.15, -0.1) is 0 Å². The molecule has 2 aromatic carbocycles. The lowest BCUT2D eigenvalue weighted by Crippen LogP contribution is -2.10. The average Bonchev–Trinajstić information content (AvgIpc) is 3.13. The summed E-state index contributed by atoms with van der Waals surface area (Å²) in [4.78, 5) is 0.258. The van der Waals surface area contributed by atoms with Crippen LogP contribution in [0.5, 0.6) is 5.75 Å². The summed E-state index contributed by atoms with van der Waals surface area (Å²) in [5, 5.41) is 0. The third-order valence-electron chi connectivity index (χ3n) is 4.47. The van der Waals surface area contributed by atoms with Crippen LogP contribution in [0.15, 0.2) is 99.9 Å². The third-order valence-corrected chi connectivity index (χ3v) is 7.55. The van der Waals surface area contributed by atoms with Crippen molar-refractivity contribution in [3.05, 3.63) is 90.8 Å². The van der Waals surface area contributed by atoms with Crippen LogP contribution in [-0.2, 0) is 20.0 Å². The van der Waals surface area contributed by atoms with Crippen molar-refractivity contribution in [3.8, 4) is 5.75 Å². The standard InChI is InChI=1S/C21H17NO5S2/c1-16-5-9-19(10-6-16)29(25,26)27-17-7-11-18(12-8-17)28(23,24)21-13-15-22-14-3-2-4-20(21)22/h2-15H,1H3. The van der Waals surface area contributed by atoms with Crippen LogP contribution in [0, 0.1) is 6.92 Å². The number of aryl methyl sites for hydroxylation is 1. The maximum absolute atomic E-state index is 13.0. The minimum Gasteiger partial charge on any atom is -0.379 e. The van der Waals surface area contributed by atoms with Crippen LogP contribution in [0.2, 0.25) is 0 Å². The lowest BCUT2D eigenvalue weighted by atomic mass is 10.2. The van der Waals surface area contributed by atoms with E-state index in [2.05, 4.69) is 0 Å².